The van der Waals surface area contributed by atoms with E-state index in [0.29, 0.717) is 27.5 Å². The minimum Gasteiger partial charge on any atom is -0.353 e. The van der Waals surface area contributed by atoms with Crippen molar-refractivity contribution in [2.24, 2.45) is 0 Å². The molecule has 0 radical (unpaired) electrons. The minimum absolute atomic E-state index is 0.289. The lowest BCUT2D eigenvalue weighted by Gasteiger charge is -2.13. The number of pyridine rings is 1. The molecule has 0 unspecified atom stereocenters. The third-order valence-electron chi connectivity index (χ3n) is 3.97. The van der Waals surface area contributed by atoms with Crippen LogP contribution in [0, 0.1) is 25.2 Å². The van der Waals surface area contributed by atoms with Gasteiger partial charge in [-0.05, 0) is 61.4 Å². The molecule has 0 aliphatic heterocycles. The van der Waals surface area contributed by atoms with Gasteiger partial charge in [-0.1, -0.05) is 17.7 Å². The molecule has 0 fully saturated rings. The van der Waals surface area contributed by atoms with Crippen molar-refractivity contribution in [1.82, 2.24) is 4.98 Å². The molecule has 5 nitrogen and oxygen atoms in total. The predicted octanol–water partition coefficient (Wildman–Crippen LogP) is 5.22. The van der Waals surface area contributed by atoms with Crippen LogP contribution in [0.25, 0.3) is 0 Å². The van der Waals surface area contributed by atoms with Crippen LogP contribution in [-0.2, 0) is 0 Å². The fourth-order valence-corrected chi connectivity index (χ4v) is 3.05. The molecule has 27 heavy (non-hydrogen) atoms. The van der Waals surface area contributed by atoms with Crippen LogP contribution in [0.2, 0.25) is 5.02 Å². The number of hydrogen-bond acceptors (Lipinski definition) is 4. The first kappa shape index (κ1) is 18.4. The quantitative estimate of drug-likeness (QED) is 0.654. The Morgan fingerprint density at radius 2 is 1.81 bits per heavy atom. The summed E-state index contributed by atoms with van der Waals surface area (Å²) < 4.78 is 0. The lowest BCUT2D eigenvalue weighted by atomic mass is 10.1. The van der Waals surface area contributed by atoms with Gasteiger partial charge in [0.1, 0.15) is 0 Å². The van der Waals surface area contributed by atoms with Crippen molar-refractivity contribution in [2.45, 2.75) is 13.8 Å². The zero-order valence-corrected chi connectivity index (χ0v) is 15.6. The van der Waals surface area contributed by atoms with Crippen LogP contribution in [0.1, 0.15) is 27.0 Å². The Morgan fingerprint density at radius 3 is 2.48 bits per heavy atom. The molecule has 0 atom stereocenters. The highest BCUT2D eigenvalue weighted by atomic mass is 35.5. The number of anilines is 3. The number of nitriles is 1. The van der Waals surface area contributed by atoms with Gasteiger partial charge in [0.2, 0.25) is 0 Å². The summed E-state index contributed by atoms with van der Waals surface area (Å²) in [5, 5.41) is 15.5. The molecule has 2 aromatic carbocycles. The Bertz CT molecular complexity index is 1020. The summed E-state index contributed by atoms with van der Waals surface area (Å²) in [7, 11) is 0. The van der Waals surface area contributed by atoms with Gasteiger partial charge in [-0.25, -0.2) is 0 Å². The first-order chi connectivity index (χ1) is 13.0. The lowest BCUT2D eigenvalue weighted by molar-refractivity contribution is 0.102. The molecule has 0 saturated carbocycles. The molecular weight excluding hydrogens is 360 g/mol. The molecule has 3 rings (SSSR count). The van der Waals surface area contributed by atoms with Crippen molar-refractivity contribution < 1.29 is 4.79 Å². The maximum Gasteiger partial charge on any atom is 0.257 e. The highest BCUT2D eigenvalue weighted by Crippen LogP contribution is 2.30. The molecule has 1 aromatic heterocycles. The molecule has 0 spiro atoms. The summed E-state index contributed by atoms with van der Waals surface area (Å²) in [4.78, 5) is 16.6. The Morgan fingerprint density at radius 1 is 1.07 bits per heavy atom. The number of nitrogens with one attached hydrogen (secondary N) is 2. The van der Waals surface area contributed by atoms with Gasteiger partial charge in [0.05, 0.1) is 39.8 Å². The van der Waals surface area contributed by atoms with E-state index in [1.807, 2.05) is 32.0 Å². The van der Waals surface area contributed by atoms with Gasteiger partial charge < -0.3 is 10.6 Å². The average molecular weight is 377 g/mol. The van der Waals surface area contributed by atoms with E-state index in [1.165, 1.54) is 6.20 Å². The first-order valence-electron chi connectivity index (χ1n) is 8.26. The maximum absolute atomic E-state index is 12.5. The summed E-state index contributed by atoms with van der Waals surface area (Å²) in [5.41, 5.74) is 5.08. The van der Waals surface area contributed by atoms with Gasteiger partial charge in [0.15, 0.2) is 0 Å². The topological polar surface area (TPSA) is 77.8 Å². The number of amides is 1. The van der Waals surface area contributed by atoms with E-state index in [9.17, 15) is 4.79 Å². The number of aromatic nitrogens is 1. The van der Waals surface area contributed by atoms with Crippen LogP contribution < -0.4 is 10.6 Å². The van der Waals surface area contributed by atoms with E-state index in [-0.39, 0.29) is 5.91 Å². The predicted molar refractivity (Wildman–Crippen MR) is 108 cm³/mol. The summed E-state index contributed by atoms with van der Waals surface area (Å²) in [5.74, 6) is -0.289. The van der Waals surface area contributed by atoms with Gasteiger partial charge in [-0.3, -0.25) is 9.78 Å². The Hall–Kier alpha value is -3.36. The van der Waals surface area contributed by atoms with Crippen LogP contribution in [0.15, 0.2) is 54.9 Å². The number of halogens is 1. The number of nitrogens with zero attached hydrogens (tertiary/aromatic N) is 2. The third-order valence-corrected chi connectivity index (χ3v) is 4.27. The van der Waals surface area contributed by atoms with Crippen molar-refractivity contribution in [3.63, 3.8) is 0 Å². The Kier molecular flexibility index (Phi) is 5.39. The Labute approximate surface area is 162 Å². The fraction of sp³-hybridized carbons (Fsp3) is 0.0952. The summed E-state index contributed by atoms with van der Waals surface area (Å²) in [6.07, 6.45) is 3.13. The Balaban J connectivity index is 1.79. The van der Waals surface area contributed by atoms with Crippen molar-refractivity contribution in [3.8, 4) is 6.07 Å². The molecule has 1 heterocycles. The van der Waals surface area contributed by atoms with Crippen LogP contribution in [0.3, 0.4) is 0 Å². The second kappa shape index (κ2) is 7.90. The molecule has 2 N–H and O–H groups in total. The maximum atomic E-state index is 12.5. The molecule has 0 saturated heterocycles. The molecule has 134 valence electrons. The SMILES string of the molecule is Cc1cc(C)c(Nc2cncc(C(=O)Nc3ccc(C#N)cc3)c2)c(Cl)c1. The lowest BCUT2D eigenvalue weighted by Crippen LogP contribution is -2.12. The van der Waals surface area contributed by atoms with E-state index >= 15 is 0 Å². The largest absolute Gasteiger partial charge is 0.353 e. The number of rotatable bonds is 4. The zero-order valence-electron chi connectivity index (χ0n) is 14.9. The monoisotopic (exact) mass is 376 g/mol. The van der Waals surface area contributed by atoms with Crippen LogP contribution in [0.4, 0.5) is 17.1 Å². The minimum atomic E-state index is -0.289. The number of benzene rings is 2. The van der Waals surface area contributed by atoms with Crippen LogP contribution >= 0.6 is 11.6 Å². The second-order valence-corrected chi connectivity index (χ2v) is 6.58. The third kappa shape index (κ3) is 4.43. The molecule has 0 bridgehead atoms. The van der Waals surface area contributed by atoms with E-state index < -0.39 is 0 Å². The first-order valence-corrected chi connectivity index (χ1v) is 8.64. The van der Waals surface area contributed by atoms with Crippen molar-refractivity contribution >= 4 is 34.6 Å². The van der Waals surface area contributed by atoms with Gasteiger partial charge in [0.25, 0.3) is 5.91 Å². The molecule has 3 aromatic rings. The standard InChI is InChI=1S/C21H17ClN4O/c1-13-7-14(2)20(19(22)8-13)25-18-9-16(11-24-12-18)21(27)26-17-5-3-15(10-23)4-6-17/h3-9,11-12,25H,1-2H3,(H,26,27). The number of carbonyl (C=O) groups is 1. The van der Waals surface area contributed by atoms with E-state index in [4.69, 9.17) is 16.9 Å². The van der Waals surface area contributed by atoms with Crippen molar-refractivity contribution in [1.29, 1.82) is 5.26 Å². The summed E-state index contributed by atoms with van der Waals surface area (Å²) in [6.45, 7) is 3.95. The fourth-order valence-electron chi connectivity index (χ4n) is 2.68. The van der Waals surface area contributed by atoms with Crippen LogP contribution in [0.5, 0.6) is 0 Å². The molecule has 0 aliphatic carbocycles. The number of aryl methyl sites for hydroxylation is 2. The molecule has 0 aliphatic rings. The zero-order chi connectivity index (χ0) is 19.4. The smallest absolute Gasteiger partial charge is 0.257 e. The molecule has 6 heteroatoms. The van der Waals surface area contributed by atoms with E-state index in [0.717, 1.165) is 16.8 Å². The molecular formula is C21H17ClN4O. The second-order valence-electron chi connectivity index (χ2n) is 6.17. The van der Waals surface area contributed by atoms with E-state index in [1.54, 1.807) is 36.5 Å². The van der Waals surface area contributed by atoms with Crippen LogP contribution in [-0.4, -0.2) is 10.9 Å². The molecule has 1 amide bonds. The van der Waals surface area contributed by atoms with Gasteiger partial charge in [-0.15, -0.1) is 0 Å². The van der Waals surface area contributed by atoms with Gasteiger partial charge in [-0.2, -0.15) is 5.26 Å². The normalized spacial score (nSPS) is 10.1. The number of hydrogen-bond donors (Lipinski definition) is 2. The van der Waals surface area contributed by atoms with Crippen molar-refractivity contribution in [2.75, 3.05) is 10.6 Å². The highest BCUT2D eigenvalue weighted by Gasteiger charge is 2.10. The highest BCUT2D eigenvalue weighted by molar-refractivity contribution is 6.33. The number of carbonyl (C=O) groups excluding carboxylic acids is 1. The van der Waals surface area contributed by atoms with E-state index in [2.05, 4.69) is 15.6 Å². The summed E-state index contributed by atoms with van der Waals surface area (Å²) >= 11 is 6.33. The summed E-state index contributed by atoms with van der Waals surface area (Å²) in [6, 6.07) is 14.3. The van der Waals surface area contributed by atoms with Gasteiger partial charge in [0, 0.05) is 11.9 Å². The van der Waals surface area contributed by atoms with Gasteiger partial charge >= 0.3 is 0 Å². The van der Waals surface area contributed by atoms with Crippen molar-refractivity contribution in [3.05, 3.63) is 82.1 Å². The average Bonchev–Trinajstić information content (AvgIpc) is 2.65.